The molecule has 0 aliphatic heterocycles. The van der Waals surface area contributed by atoms with Crippen LogP contribution in [0.3, 0.4) is 0 Å². The zero-order valence-corrected chi connectivity index (χ0v) is 13.9. The van der Waals surface area contributed by atoms with E-state index in [9.17, 15) is 0 Å². The van der Waals surface area contributed by atoms with E-state index in [1.54, 1.807) is 0 Å². The SMILES string of the molecule is CCNC(Cc1ccc(CC)cn1)c1c(Cl)cccc1Cl. The normalized spacial score (nSPS) is 12.4. The maximum atomic E-state index is 6.33. The molecule has 0 amide bonds. The molecule has 1 unspecified atom stereocenters. The van der Waals surface area contributed by atoms with Crippen LogP contribution in [0.2, 0.25) is 10.0 Å². The Kier molecular flexibility index (Phi) is 6.04. The summed E-state index contributed by atoms with van der Waals surface area (Å²) in [5.74, 6) is 0. The van der Waals surface area contributed by atoms with E-state index in [0.717, 1.165) is 30.6 Å². The molecule has 2 rings (SSSR count). The number of rotatable bonds is 6. The fraction of sp³-hybridized carbons (Fsp3) is 0.353. The second-order valence-corrected chi connectivity index (χ2v) is 5.78. The first-order valence-corrected chi connectivity index (χ1v) is 8.02. The van der Waals surface area contributed by atoms with Crippen molar-refractivity contribution in [2.24, 2.45) is 0 Å². The highest BCUT2D eigenvalue weighted by atomic mass is 35.5. The quantitative estimate of drug-likeness (QED) is 0.822. The van der Waals surface area contributed by atoms with Crippen molar-refractivity contribution in [3.63, 3.8) is 0 Å². The molecule has 0 saturated heterocycles. The topological polar surface area (TPSA) is 24.9 Å². The minimum Gasteiger partial charge on any atom is -0.310 e. The van der Waals surface area contributed by atoms with Crippen molar-refractivity contribution in [1.29, 1.82) is 0 Å². The van der Waals surface area contributed by atoms with Crippen molar-refractivity contribution in [1.82, 2.24) is 10.3 Å². The van der Waals surface area contributed by atoms with Crippen molar-refractivity contribution in [2.75, 3.05) is 6.54 Å². The van der Waals surface area contributed by atoms with E-state index in [1.165, 1.54) is 5.56 Å². The number of likely N-dealkylation sites (N-methyl/N-ethyl adjacent to an activating group) is 1. The average Bonchev–Trinajstić information content (AvgIpc) is 2.48. The monoisotopic (exact) mass is 322 g/mol. The number of aryl methyl sites for hydroxylation is 1. The third kappa shape index (κ3) is 4.19. The lowest BCUT2D eigenvalue weighted by Crippen LogP contribution is -2.24. The summed E-state index contributed by atoms with van der Waals surface area (Å²) >= 11 is 12.7. The minimum atomic E-state index is 0.0659. The van der Waals surface area contributed by atoms with Gasteiger partial charge in [0.1, 0.15) is 0 Å². The third-order valence-electron chi connectivity index (χ3n) is 3.51. The Bertz CT molecular complexity index is 562. The maximum absolute atomic E-state index is 6.33. The first-order valence-electron chi connectivity index (χ1n) is 7.26. The Balaban J connectivity index is 2.26. The maximum Gasteiger partial charge on any atom is 0.0468 e. The molecule has 0 aliphatic rings. The Hall–Kier alpha value is -1.09. The van der Waals surface area contributed by atoms with Gasteiger partial charge >= 0.3 is 0 Å². The van der Waals surface area contributed by atoms with Crippen molar-refractivity contribution in [3.05, 3.63) is 63.4 Å². The molecule has 1 heterocycles. The number of hydrogen-bond acceptors (Lipinski definition) is 2. The van der Waals surface area contributed by atoms with Gasteiger partial charge in [0.05, 0.1) is 0 Å². The largest absolute Gasteiger partial charge is 0.310 e. The third-order valence-corrected chi connectivity index (χ3v) is 4.17. The van der Waals surface area contributed by atoms with Gasteiger partial charge in [-0.15, -0.1) is 0 Å². The van der Waals surface area contributed by atoms with Gasteiger partial charge < -0.3 is 5.32 Å². The molecule has 1 N–H and O–H groups in total. The molecular weight excluding hydrogens is 303 g/mol. The first kappa shape index (κ1) is 16.3. The van der Waals surface area contributed by atoms with Crippen LogP contribution in [0.15, 0.2) is 36.5 Å². The second-order valence-electron chi connectivity index (χ2n) is 4.96. The number of nitrogens with zero attached hydrogens (tertiary/aromatic N) is 1. The second kappa shape index (κ2) is 7.79. The van der Waals surface area contributed by atoms with Crippen LogP contribution in [-0.2, 0) is 12.8 Å². The fourth-order valence-corrected chi connectivity index (χ4v) is 3.02. The van der Waals surface area contributed by atoms with Crippen LogP contribution < -0.4 is 5.32 Å². The summed E-state index contributed by atoms with van der Waals surface area (Å²) in [5.41, 5.74) is 3.23. The fourth-order valence-electron chi connectivity index (χ4n) is 2.36. The summed E-state index contributed by atoms with van der Waals surface area (Å²) in [6.45, 7) is 5.05. The first-order chi connectivity index (χ1) is 10.2. The highest BCUT2D eigenvalue weighted by molar-refractivity contribution is 6.36. The number of halogens is 2. The van der Waals surface area contributed by atoms with Crippen molar-refractivity contribution in [2.45, 2.75) is 32.7 Å². The molecule has 0 saturated carbocycles. The number of hydrogen-bond donors (Lipinski definition) is 1. The minimum absolute atomic E-state index is 0.0659. The molecule has 4 heteroatoms. The molecule has 0 bridgehead atoms. The van der Waals surface area contributed by atoms with Crippen molar-refractivity contribution < 1.29 is 0 Å². The van der Waals surface area contributed by atoms with Gasteiger partial charge in [0.2, 0.25) is 0 Å². The van der Waals surface area contributed by atoms with Gasteiger partial charge in [0, 0.05) is 40.0 Å². The Morgan fingerprint density at radius 1 is 1.10 bits per heavy atom. The van der Waals surface area contributed by atoms with Gasteiger partial charge in [-0.2, -0.15) is 0 Å². The van der Waals surface area contributed by atoms with E-state index in [2.05, 4.69) is 36.3 Å². The van der Waals surface area contributed by atoms with Gasteiger partial charge in [-0.1, -0.05) is 49.2 Å². The standard InChI is InChI=1S/C17H20Cl2N2/c1-3-12-8-9-13(21-11-12)10-16(20-4-2)17-14(18)6-5-7-15(17)19/h5-9,11,16,20H,3-4,10H2,1-2H3. The van der Waals surface area contributed by atoms with Crippen LogP contribution in [0.5, 0.6) is 0 Å². The van der Waals surface area contributed by atoms with Crippen molar-refractivity contribution >= 4 is 23.2 Å². The molecule has 0 spiro atoms. The molecule has 112 valence electrons. The molecule has 21 heavy (non-hydrogen) atoms. The van der Waals surface area contributed by atoms with Crippen LogP contribution >= 0.6 is 23.2 Å². The summed E-state index contributed by atoms with van der Waals surface area (Å²) in [6, 6.07) is 9.89. The van der Waals surface area contributed by atoms with E-state index in [4.69, 9.17) is 23.2 Å². The summed E-state index contributed by atoms with van der Waals surface area (Å²) in [6.07, 6.45) is 3.70. The van der Waals surface area contributed by atoms with Crippen LogP contribution in [0.1, 0.15) is 36.7 Å². The number of aromatic nitrogens is 1. The summed E-state index contributed by atoms with van der Waals surface area (Å²) in [5, 5.41) is 4.84. The van der Waals surface area contributed by atoms with Crippen LogP contribution in [0, 0.1) is 0 Å². The van der Waals surface area contributed by atoms with Crippen LogP contribution in [-0.4, -0.2) is 11.5 Å². The summed E-state index contributed by atoms with van der Waals surface area (Å²) in [7, 11) is 0. The number of pyridine rings is 1. The molecule has 0 radical (unpaired) electrons. The van der Waals surface area contributed by atoms with E-state index in [-0.39, 0.29) is 6.04 Å². The van der Waals surface area contributed by atoms with Gasteiger partial charge in [-0.25, -0.2) is 0 Å². The molecular formula is C17H20Cl2N2. The lowest BCUT2D eigenvalue weighted by molar-refractivity contribution is 0.544. The van der Waals surface area contributed by atoms with Crippen LogP contribution in [0.4, 0.5) is 0 Å². The van der Waals surface area contributed by atoms with Crippen LogP contribution in [0.25, 0.3) is 0 Å². The van der Waals surface area contributed by atoms with E-state index >= 15 is 0 Å². The van der Waals surface area contributed by atoms with Gasteiger partial charge in [0.25, 0.3) is 0 Å². The average molecular weight is 323 g/mol. The Morgan fingerprint density at radius 2 is 1.81 bits per heavy atom. The predicted octanol–water partition coefficient (Wildman–Crippen LogP) is 4.84. The van der Waals surface area contributed by atoms with Gasteiger partial charge in [-0.3, -0.25) is 4.98 Å². The summed E-state index contributed by atoms with van der Waals surface area (Å²) in [4.78, 5) is 4.53. The van der Waals surface area contributed by atoms with E-state index in [1.807, 2.05) is 24.4 Å². The molecule has 1 aromatic carbocycles. The predicted molar refractivity (Wildman–Crippen MR) is 90.2 cm³/mol. The highest BCUT2D eigenvalue weighted by Crippen LogP contribution is 2.31. The smallest absolute Gasteiger partial charge is 0.0468 e. The highest BCUT2D eigenvalue weighted by Gasteiger charge is 2.18. The van der Waals surface area contributed by atoms with Gasteiger partial charge in [-0.05, 0) is 36.7 Å². The molecule has 0 fully saturated rings. The van der Waals surface area contributed by atoms with Crippen molar-refractivity contribution in [3.8, 4) is 0 Å². The zero-order chi connectivity index (χ0) is 15.2. The van der Waals surface area contributed by atoms with E-state index in [0.29, 0.717) is 10.0 Å². The van der Waals surface area contributed by atoms with Gasteiger partial charge in [0.15, 0.2) is 0 Å². The summed E-state index contributed by atoms with van der Waals surface area (Å²) < 4.78 is 0. The Morgan fingerprint density at radius 3 is 2.33 bits per heavy atom. The molecule has 1 atom stereocenters. The zero-order valence-electron chi connectivity index (χ0n) is 12.4. The molecule has 1 aromatic heterocycles. The van der Waals surface area contributed by atoms with E-state index < -0.39 is 0 Å². The molecule has 2 aromatic rings. The lowest BCUT2D eigenvalue weighted by atomic mass is 10.0. The lowest BCUT2D eigenvalue weighted by Gasteiger charge is -2.20. The number of nitrogens with one attached hydrogen (secondary N) is 1. The molecule has 2 nitrogen and oxygen atoms in total. The molecule has 0 aliphatic carbocycles. The number of benzene rings is 1. The Labute approximate surface area is 136 Å².